The van der Waals surface area contributed by atoms with Crippen LogP contribution in [-0.4, -0.2) is 40.3 Å². The second kappa shape index (κ2) is 18.9. The van der Waals surface area contributed by atoms with Crippen molar-refractivity contribution in [2.45, 2.75) is 79.7 Å². The molecule has 1 aliphatic rings. The Hall–Kier alpha value is -3.40. The van der Waals surface area contributed by atoms with Crippen molar-refractivity contribution in [3.8, 4) is 0 Å². The first-order valence-corrected chi connectivity index (χ1v) is 14.9. The van der Waals surface area contributed by atoms with E-state index in [9.17, 15) is 19.2 Å². The molecule has 0 radical (unpaired) electrons. The number of carbonyl (C=O) groups is 2. The predicted octanol–water partition coefficient (Wildman–Crippen LogP) is 6.85. The Morgan fingerprint density at radius 2 is 1.38 bits per heavy atom. The molecule has 3 atom stereocenters. The minimum Gasteiger partial charge on any atom is -0.459 e. The van der Waals surface area contributed by atoms with Crippen LogP contribution in [0, 0.1) is 0 Å². The fraction of sp³-hybridized carbons (Fsp3) is 0.419. The summed E-state index contributed by atoms with van der Waals surface area (Å²) < 4.78 is 17.9. The van der Waals surface area contributed by atoms with Gasteiger partial charge in [-0.3, -0.25) is 4.79 Å². The van der Waals surface area contributed by atoms with Gasteiger partial charge in [0, 0.05) is 28.2 Å². The highest BCUT2D eigenvalue weighted by molar-refractivity contribution is 6.31. The van der Waals surface area contributed by atoms with Crippen molar-refractivity contribution in [3.05, 3.63) is 102 Å². The third-order valence-electron chi connectivity index (χ3n) is 5.73. The summed E-state index contributed by atoms with van der Waals surface area (Å²) in [5.41, 5.74) is -0.253. The van der Waals surface area contributed by atoms with Gasteiger partial charge in [0.2, 0.25) is 0 Å². The Kier molecular flexibility index (Phi) is 16.5. The molecule has 0 aliphatic carbocycles. The van der Waals surface area contributed by atoms with E-state index in [0.29, 0.717) is 22.0 Å². The summed E-state index contributed by atoms with van der Waals surface area (Å²) in [7, 11) is 0. The number of hydrogen-bond acceptors (Lipinski definition) is 7. The molecule has 1 fully saturated rings. The highest BCUT2D eigenvalue weighted by Gasteiger charge is 2.41. The van der Waals surface area contributed by atoms with E-state index >= 15 is 0 Å². The Balaban J connectivity index is 0.00000138. The van der Waals surface area contributed by atoms with Crippen LogP contribution in [0.25, 0.3) is 0 Å². The van der Waals surface area contributed by atoms with Gasteiger partial charge in [0.15, 0.2) is 0 Å². The van der Waals surface area contributed by atoms with Gasteiger partial charge in [0.1, 0.15) is 25.0 Å². The largest absolute Gasteiger partial charge is 0.459 e. The van der Waals surface area contributed by atoms with Crippen molar-refractivity contribution >= 4 is 35.1 Å². The monoisotopic (exact) mass is 622 g/mol. The van der Waals surface area contributed by atoms with Crippen LogP contribution in [-0.2, 0) is 20.6 Å². The number of esters is 2. The first kappa shape index (κ1) is 36.6. The van der Waals surface area contributed by atoms with Gasteiger partial charge in [0.25, 0.3) is 5.56 Å². The second-order valence-corrected chi connectivity index (χ2v) is 8.94. The molecule has 9 nitrogen and oxygen atoms in total. The van der Waals surface area contributed by atoms with Crippen molar-refractivity contribution in [3.63, 3.8) is 0 Å². The van der Waals surface area contributed by atoms with E-state index in [2.05, 4.69) is 4.98 Å². The smallest absolute Gasteiger partial charge is 0.338 e. The molecule has 0 spiro atoms. The zero-order valence-electron chi connectivity index (χ0n) is 25.1. The molecule has 1 aromatic heterocycles. The maximum Gasteiger partial charge on any atom is 0.338 e. The summed E-state index contributed by atoms with van der Waals surface area (Å²) in [5, 5.41) is 0.921. The molecular formula is C31H40Cl2N2O7. The fourth-order valence-electron chi connectivity index (χ4n) is 3.79. The number of ether oxygens (including phenoxy) is 3. The number of carbonyl (C=O) groups excluding carboxylic acids is 2. The van der Waals surface area contributed by atoms with E-state index in [1.807, 2.05) is 41.5 Å². The molecule has 1 saturated heterocycles. The highest BCUT2D eigenvalue weighted by Crippen LogP contribution is 2.30. The minimum absolute atomic E-state index is 0.00134. The molecule has 2 unspecified atom stereocenters. The quantitative estimate of drug-likeness (QED) is 0.286. The van der Waals surface area contributed by atoms with Crippen molar-refractivity contribution in [1.29, 1.82) is 0 Å². The van der Waals surface area contributed by atoms with E-state index in [4.69, 9.17) is 37.4 Å². The van der Waals surface area contributed by atoms with E-state index < -0.39 is 41.6 Å². The molecule has 42 heavy (non-hydrogen) atoms. The van der Waals surface area contributed by atoms with Crippen molar-refractivity contribution < 1.29 is 23.8 Å². The van der Waals surface area contributed by atoms with Gasteiger partial charge < -0.3 is 19.2 Å². The first-order chi connectivity index (χ1) is 20.3. The normalized spacial score (nSPS) is 16.8. The van der Waals surface area contributed by atoms with Gasteiger partial charge >= 0.3 is 17.6 Å². The zero-order valence-corrected chi connectivity index (χ0v) is 26.6. The summed E-state index contributed by atoms with van der Waals surface area (Å²) in [4.78, 5) is 53.1. The van der Waals surface area contributed by atoms with Crippen LogP contribution in [0.1, 0.15) is 87.4 Å². The van der Waals surface area contributed by atoms with E-state index in [0.717, 1.165) is 4.57 Å². The third kappa shape index (κ3) is 9.86. The molecular weight excluding hydrogens is 583 g/mol. The van der Waals surface area contributed by atoms with Crippen molar-refractivity contribution in [2.24, 2.45) is 0 Å². The number of rotatable bonds is 7. The molecule has 3 aromatic rings. The molecule has 1 aliphatic heterocycles. The van der Waals surface area contributed by atoms with Gasteiger partial charge in [-0.05, 0) is 55.0 Å². The number of aromatic nitrogens is 2. The molecule has 4 rings (SSSR count). The van der Waals surface area contributed by atoms with E-state index in [-0.39, 0.29) is 24.2 Å². The lowest BCUT2D eigenvalue weighted by atomic mass is 10.1. The van der Waals surface area contributed by atoms with Crippen LogP contribution in [0.3, 0.4) is 0 Å². The molecule has 0 saturated carbocycles. The summed E-state index contributed by atoms with van der Waals surface area (Å²) in [5.74, 6) is -1.29. The Morgan fingerprint density at radius 3 is 1.88 bits per heavy atom. The zero-order chi connectivity index (χ0) is 31.8. The SMILES string of the molecule is CC.CC.CC.CCc1c[nH]c(=O)n([C@H]2CC(OC(=O)c3ccc(Cl)cc3)C(COC(=O)c3ccc(Cl)cc3)O2)c1=O. The van der Waals surface area contributed by atoms with E-state index in [1.54, 1.807) is 31.2 Å². The van der Waals surface area contributed by atoms with Gasteiger partial charge in [-0.1, -0.05) is 71.7 Å². The predicted molar refractivity (Wildman–Crippen MR) is 166 cm³/mol. The molecule has 2 heterocycles. The number of halogens is 2. The Morgan fingerprint density at radius 1 is 0.881 bits per heavy atom. The first-order valence-electron chi connectivity index (χ1n) is 14.1. The molecule has 2 aromatic carbocycles. The van der Waals surface area contributed by atoms with Gasteiger partial charge in [-0.25, -0.2) is 19.0 Å². The average Bonchev–Trinajstić information content (AvgIpc) is 3.41. The molecule has 0 amide bonds. The average molecular weight is 624 g/mol. The number of aromatic amines is 1. The number of nitrogens with zero attached hydrogens (tertiary/aromatic N) is 1. The third-order valence-corrected chi connectivity index (χ3v) is 6.23. The van der Waals surface area contributed by atoms with Crippen LogP contribution in [0.2, 0.25) is 10.0 Å². The molecule has 230 valence electrons. The van der Waals surface area contributed by atoms with Crippen molar-refractivity contribution in [2.75, 3.05) is 6.61 Å². The maximum absolute atomic E-state index is 12.8. The van der Waals surface area contributed by atoms with Crippen LogP contribution in [0.4, 0.5) is 0 Å². The highest BCUT2D eigenvalue weighted by atomic mass is 35.5. The molecule has 0 bridgehead atoms. The summed E-state index contributed by atoms with van der Waals surface area (Å²) in [6.45, 7) is 13.5. The fourth-order valence-corrected chi connectivity index (χ4v) is 4.04. The summed E-state index contributed by atoms with van der Waals surface area (Å²) >= 11 is 11.7. The number of H-pyrrole nitrogens is 1. The number of hydrogen-bond donors (Lipinski definition) is 1. The second-order valence-electron chi connectivity index (χ2n) is 8.07. The van der Waals surface area contributed by atoms with Crippen LogP contribution in [0.5, 0.6) is 0 Å². The number of nitrogens with one attached hydrogen (secondary N) is 1. The van der Waals surface area contributed by atoms with Crippen molar-refractivity contribution in [1.82, 2.24) is 9.55 Å². The minimum atomic E-state index is -1.03. The van der Waals surface area contributed by atoms with Gasteiger partial charge in [-0.15, -0.1) is 0 Å². The topological polar surface area (TPSA) is 117 Å². The number of benzene rings is 2. The van der Waals surface area contributed by atoms with Crippen LogP contribution < -0.4 is 11.2 Å². The number of aryl methyl sites for hydroxylation is 1. The van der Waals surface area contributed by atoms with Crippen LogP contribution >= 0.6 is 23.2 Å². The lowest BCUT2D eigenvalue weighted by Gasteiger charge is -2.19. The summed E-state index contributed by atoms with van der Waals surface area (Å²) in [6, 6.07) is 12.2. The Labute approximate surface area is 256 Å². The van der Waals surface area contributed by atoms with Crippen LogP contribution in [0.15, 0.2) is 64.3 Å². The van der Waals surface area contributed by atoms with Gasteiger partial charge in [-0.2, -0.15) is 0 Å². The summed E-state index contributed by atoms with van der Waals surface area (Å²) in [6.07, 6.45) is -1.11. The lowest BCUT2D eigenvalue weighted by Crippen LogP contribution is -2.39. The van der Waals surface area contributed by atoms with E-state index in [1.165, 1.54) is 30.5 Å². The lowest BCUT2D eigenvalue weighted by molar-refractivity contribution is -0.0590. The maximum atomic E-state index is 12.8. The van der Waals surface area contributed by atoms with Gasteiger partial charge in [0.05, 0.1) is 11.1 Å². The molecule has 11 heteroatoms. The molecule has 1 N–H and O–H groups in total. The standard InChI is InChI=1S/C25H22Cl2N2O7.3C2H6/c1-2-14-12-28-25(33)29(22(14)30)21-11-19(36-24(32)16-5-9-18(27)10-6-16)20(35-21)13-34-23(31)15-3-7-17(26)8-4-15;3*1-2/h3-10,12,19-21H,2,11,13H2,1H3,(H,28,33);3*1-2H3/t19?,20?,21-;;;/m1.../s1. The Bertz CT molecular complexity index is 1370.